The Kier molecular flexibility index (Phi) is 7.21. The van der Waals surface area contributed by atoms with Gasteiger partial charge in [0.25, 0.3) is 0 Å². The standard InChI is InChI=1S/C25H28N2O4S2/c1-16-10-12-19(13-11-16)24(32)23-17(2)14-21(27-23)15-22(31-18(3)28)25(4,33(26,29)30)20-8-6-5-7-9-20/h5-14,22,27H,15H2,1-4H3,(H2,26,29,30). The predicted molar refractivity (Wildman–Crippen MR) is 134 cm³/mol. The molecule has 6 nitrogen and oxygen atoms in total. The molecule has 3 rings (SSSR count). The summed E-state index contributed by atoms with van der Waals surface area (Å²) in [6, 6.07) is 18.4. The van der Waals surface area contributed by atoms with Gasteiger partial charge in [0.1, 0.15) is 10.9 Å². The molecule has 0 aliphatic heterocycles. The molecule has 0 aliphatic carbocycles. The molecule has 2 aromatic carbocycles. The quantitative estimate of drug-likeness (QED) is 0.285. The SMILES string of the molecule is CC(=O)OC(Cc1cc(C)c(C(=S)c2ccc(C)cc2)[nH]1)C(C)(c1ccccc1)S(N)(=O)=O. The highest BCUT2D eigenvalue weighted by Gasteiger charge is 2.48. The van der Waals surface area contributed by atoms with Gasteiger partial charge in [-0.25, -0.2) is 13.6 Å². The molecular formula is C25H28N2O4S2. The van der Waals surface area contributed by atoms with Crippen LogP contribution in [0.2, 0.25) is 0 Å². The number of H-pyrrole nitrogens is 1. The third-order valence-electron chi connectivity index (χ3n) is 5.88. The van der Waals surface area contributed by atoms with E-state index in [0.29, 0.717) is 16.1 Å². The van der Waals surface area contributed by atoms with Gasteiger partial charge in [0.15, 0.2) is 0 Å². The number of aryl methyl sites for hydroxylation is 2. The van der Waals surface area contributed by atoms with Gasteiger partial charge in [-0.2, -0.15) is 0 Å². The Bertz CT molecular complexity index is 1270. The predicted octanol–water partition coefficient (Wildman–Crippen LogP) is 4.08. The average molecular weight is 485 g/mol. The molecule has 2 unspecified atom stereocenters. The molecule has 0 bridgehead atoms. The van der Waals surface area contributed by atoms with Crippen LogP contribution in [0.1, 0.15) is 47.5 Å². The number of thiocarbonyl (C=S) groups is 1. The fraction of sp³-hybridized carbons (Fsp3) is 0.280. The van der Waals surface area contributed by atoms with E-state index in [1.54, 1.807) is 30.3 Å². The van der Waals surface area contributed by atoms with Gasteiger partial charge in [-0.05, 0) is 43.5 Å². The Labute approximate surface area is 200 Å². The van der Waals surface area contributed by atoms with Crippen molar-refractivity contribution in [2.75, 3.05) is 0 Å². The van der Waals surface area contributed by atoms with Gasteiger partial charge >= 0.3 is 5.97 Å². The average Bonchev–Trinajstić information content (AvgIpc) is 3.12. The first-order chi connectivity index (χ1) is 15.4. The van der Waals surface area contributed by atoms with E-state index < -0.39 is 26.8 Å². The van der Waals surface area contributed by atoms with Crippen LogP contribution >= 0.6 is 12.2 Å². The van der Waals surface area contributed by atoms with Crippen molar-refractivity contribution in [2.24, 2.45) is 5.14 Å². The lowest BCUT2D eigenvalue weighted by Gasteiger charge is -2.35. The molecule has 0 radical (unpaired) electrons. The maximum Gasteiger partial charge on any atom is 0.302 e. The van der Waals surface area contributed by atoms with Crippen LogP contribution in [0.15, 0.2) is 60.7 Å². The van der Waals surface area contributed by atoms with Crippen LogP contribution in [0.5, 0.6) is 0 Å². The molecule has 0 amide bonds. The van der Waals surface area contributed by atoms with Gasteiger partial charge in [-0.3, -0.25) is 4.79 Å². The summed E-state index contributed by atoms with van der Waals surface area (Å²) in [6.45, 7) is 6.67. The third kappa shape index (κ3) is 5.24. The summed E-state index contributed by atoms with van der Waals surface area (Å²) < 4.78 is 29.5. The minimum Gasteiger partial charge on any atom is -0.460 e. The maximum absolute atomic E-state index is 12.8. The van der Waals surface area contributed by atoms with Crippen molar-refractivity contribution < 1.29 is 17.9 Å². The number of nitrogens with one attached hydrogen (secondary N) is 1. The normalized spacial score (nSPS) is 14.3. The van der Waals surface area contributed by atoms with Crippen molar-refractivity contribution >= 4 is 33.1 Å². The van der Waals surface area contributed by atoms with Crippen LogP contribution in [0, 0.1) is 13.8 Å². The van der Waals surface area contributed by atoms with E-state index in [2.05, 4.69) is 4.98 Å². The molecule has 1 heterocycles. The number of hydrogen-bond acceptors (Lipinski definition) is 5. The molecule has 0 aliphatic rings. The Balaban J connectivity index is 2.02. The van der Waals surface area contributed by atoms with Crippen molar-refractivity contribution in [1.29, 1.82) is 0 Å². The fourth-order valence-corrected chi connectivity index (χ4v) is 5.19. The fourth-order valence-electron chi connectivity index (χ4n) is 3.88. The number of rotatable bonds is 8. The van der Waals surface area contributed by atoms with Crippen LogP contribution in [0.3, 0.4) is 0 Å². The number of benzene rings is 2. The zero-order valence-electron chi connectivity index (χ0n) is 19.1. The van der Waals surface area contributed by atoms with Gasteiger partial charge in [0.05, 0.1) is 10.6 Å². The highest BCUT2D eigenvalue weighted by atomic mass is 32.2. The topological polar surface area (TPSA) is 102 Å². The third-order valence-corrected chi connectivity index (χ3v) is 8.00. The minimum absolute atomic E-state index is 0.110. The van der Waals surface area contributed by atoms with Gasteiger partial charge in [-0.1, -0.05) is 72.4 Å². The number of aromatic nitrogens is 1. The summed E-state index contributed by atoms with van der Waals surface area (Å²) >= 11 is 5.69. The van der Waals surface area contributed by atoms with Crippen LogP contribution in [-0.2, 0) is 30.7 Å². The van der Waals surface area contributed by atoms with E-state index in [0.717, 1.165) is 22.4 Å². The molecule has 8 heteroatoms. The van der Waals surface area contributed by atoms with Gasteiger partial charge in [0.2, 0.25) is 10.0 Å². The van der Waals surface area contributed by atoms with Gasteiger partial charge in [-0.15, -0.1) is 0 Å². The van der Waals surface area contributed by atoms with Gasteiger partial charge in [0, 0.05) is 19.0 Å². The van der Waals surface area contributed by atoms with E-state index in [-0.39, 0.29) is 6.42 Å². The second-order valence-electron chi connectivity index (χ2n) is 8.37. The molecule has 2 atom stereocenters. The largest absolute Gasteiger partial charge is 0.460 e. The molecule has 0 fully saturated rings. The molecule has 0 saturated heterocycles. The number of primary sulfonamides is 1. The summed E-state index contributed by atoms with van der Waals surface area (Å²) in [4.78, 5) is 15.9. The number of sulfonamides is 1. The molecule has 0 saturated carbocycles. The molecule has 3 aromatic rings. The van der Waals surface area contributed by atoms with Crippen LogP contribution in [0.4, 0.5) is 0 Å². The smallest absolute Gasteiger partial charge is 0.302 e. The van der Waals surface area contributed by atoms with Crippen molar-refractivity contribution in [1.82, 2.24) is 4.98 Å². The first-order valence-corrected chi connectivity index (χ1v) is 12.4. The number of carbonyl (C=O) groups excluding carboxylic acids is 1. The monoisotopic (exact) mass is 484 g/mol. The summed E-state index contributed by atoms with van der Waals surface area (Å²) in [6.07, 6.45) is -0.954. The highest BCUT2D eigenvalue weighted by Crippen LogP contribution is 2.36. The number of aromatic amines is 1. The molecule has 1 aromatic heterocycles. The zero-order valence-corrected chi connectivity index (χ0v) is 20.7. The first kappa shape index (κ1) is 24.8. The summed E-state index contributed by atoms with van der Waals surface area (Å²) in [5, 5.41) is 5.70. The van der Waals surface area contributed by atoms with Crippen LogP contribution < -0.4 is 5.14 Å². The van der Waals surface area contributed by atoms with Crippen molar-refractivity contribution in [3.63, 3.8) is 0 Å². The lowest BCUT2D eigenvalue weighted by Crippen LogP contribution is -2.50. The highest BCUT2D eigenvalue weighted by molar-refractivity contribution is 7.90. The zero-order chi connectivity index (χ0) is 24.4. The number of carbonyl (C=O) groups is 1. The second kappa shape index (κ2) is 9.59. The maximum atomic E-state index is 12.8. The summed E-state index contributed by atoms with van der Waals surface area (Å²) in [5.41, 5.74) is 4.85. The lowest BCUT2D eigenvalue weighted by atomic mass is 9.91. The van der Waals surface area contributed by atoms with Crippen molar-refractivity contribution in [2.45, 2.75) is 45.0 Å². The van der Waals surface area contributed by atoms with Crippen LogP contribution in [0.25, 0.3) is 0 Å². The van der Waals surface area contributed by atoms with E-state index in [4.69, 9.17) is 22.1 Å². The minimum atomic E-state index is -4.17. The Hall–Kier alpha value is -2.81. The first-order valence-electron chi connectivity index (χ1n) is 10.5. The Morgan fingerprint density at radius 2 is 1.73 bits per heavy atom. The Morgan fingerprint density at radius 3 is 2.27 bits per heavy atom. The summed E-state index contributed by atoms with van der Waals surface area (Å²) in [7, 11) is -4.17. The van der Waals surface area contributed by atoms with Crippen LogP contribution in [-0.4, -0.2) is 30.3 Å². The van der Waals surface area contributed by atoms with Crippen molar-refractivity contribution in [3.05, 3.63) is 94.3 Å². The number of nitrogens with two attached hydrogens (primary N) is 1. The van der Waals surface area contributed by atoms with E-state index >= 15 is 0 Å². The second-order valence-corrected chi connectivity index (χ2v) is 10.7. The molecule has 3 N–H and O–H groups in total. The summed E-state index contributed by atoms with van der Waals surface area (Å²) in [5.74, 6) is -0.593. The Morgan fingerprint density at radius 1 is 1.12 bits per heavy atom. The van der Waals surface area contributed by atoms with E-state index in [9.17, 15) is 13.2 Å². The van der Waals surface area contributed by atoms with E-state index in [1.807, 2.05) is 44.2 Å². The lowest BCUT2D eigenvalue weighted by molar-refractivity contribution is -0.148. The van der Waals surface area contributed by atoms with Gasteiger partial charge < -0.3 is 9.72 Å². The number of hydrogen-bond donors (Lipinski definition) is 2. The molecule has 174 valence electrons. The van der Waals surface area contributed by atoms with E-state index in [1.165, 1.54) is 13.8 Å². The molecular weight excluding hydrogens is 456 g/mol. The molecule has 33 heavy (non-hydrogen) atoms. The number of ether oxygens (including phenoxy) is 1. The molecule has 0 spiro atoms. The van der Waals surface area contributed by atoms with Crippen molar-refractivity contribution in [3.8, 4) is 0 Å². The number of esters is 1.